The van der Waals surface area contributed by atoms with E-state index in [9.17, 15) is 14.9 Å². The number of carbonyl (C=O) groups excluding carboxylic acids is 1. The largest absolute Gasteiger partial charge is 0.493 e. The van der Waals surface area contributed by atoms with Gasteiger partial charge in [0.05, 0.1) is 11.2 Å². The van der Waals surface area contributed by atoms with Gasteiger partial charge in [-0.1, -0.05) is 36.4 Å². The van der Waals surface area contributed by atoms with Gasteiger partial charge in [0, 0.05) is 11.7 Å². The van der Waals surface area contributed by atoms with Crippen molar-refractivity contribution in [3.05, 3.63) is 54.2 Å². The van der Waals surface area contributed by atoms with Gasteiger partial charge in [-0.25, -0.2) is 9.78 Å². The van der Waals surface area contributed by atoms with Crippen LogP contribution in [0.5, 0.6) is 0 Å². The van der Waals surface area contributed by atoms with Gasteiger partial charge >= 0.3 is 13.2 Å². The van der Waals surface area contributed by atoms with Crippen molar-refractivity contribution in [2.45, 2.75) is 45.5 Å². The first-order valence-corrected chi connectivity index (χ1v) is 8.60. The van der Waals surface area contributed by atoms with E-state index >= 15 is 0 Å². The van der Waals surface area contributed by atoms with E-state index in [2.05, 4.69) is 10.3 Å². The first kappa shape index (κ1) is 20.9. The van der Waals surface area contributed by atoms with Crippen LogP contribution < -0.4 is 10.8 Å². The maximum absolute atomic E-state index is 11.8. The molecule has 0 fully saturated rings. The zero-order valence-electron chi connectivity index (χ0n) is 16.0. The molecule has 2 rings (SSSR count). The maximum atomic E-state index is 11.8. The smallest absolute Gasteiger partial charge is 0.444 e. The fourth-order valence-corrected chi connectivity index (χ4v) is 1.98. The molecule has 0 saturated carbocycles. The van der Waals surface area contributed by atoms with Gasteiger partial charge in [0.2, 0.25) is 0 Å². The predicted molar refractivity (Wildman–Crippen MR) is 104 cm³/mol. The normalized spacial score (nSPS) is 11.8. The molecule has 144 valence electrons. The van der Waals surface area contributed by atoms with Crippen molar-refractivity contribution in [1.29, 1.82) is 0 Å². The van der Waals surface area contributed by atoms with E-state index in [1.54, 1.807) is 33.8 Å². The molecule has 0 atom stereocenters. The molecule has 0 spiro atoms. The average molecular weight is 372 g/mol. The van der Waals surface area contributed by atoms with E-state index in [4.69, 9.17) is 9.39 Å². The van der Waals surface area contributed by atoms with Crippen molar-refractivity contribution in [1.82, 2.24) is 4.98 Å². The summed E-state index contributed by atoms with van der Waals surface area (Å²) in [6, 6.07) is 12.4. The van der Waals surface area contributed by atoms with Gasteiger partial charge in [0.15, 0.2) is 0 Å². The summed E-state index contributed by atoms with van der Waals surface area (Å²) in [7, 11) is -1.27. The van der Waals surface area contributed by atoms with E-state index in [1.165, 1.54) is 12.3 Å². The molecule has 1 amide bonds. The summed E-state index contributed by atoms with van der Waals surface area (Å²) in [5.41, 5.74) is -0.850. The third kappa shape index (κ3) is 6.06. The van der Waals surface area contributed by atoms with Crippen molar-refractivity contribution >= 4 is 24.5 Å². The first-order valence-electron chi connectivity index (χ1n) is 8.60. The molecule has 0 aliphatic carbocycles. The van der Waals surface area contributed by atoms with Crippen LogP contribution in [0.1, 0.15) is 33.3 Å². The average Bonchev–Trinajstić information content (AvgIpc) is 2.60. The highest BCUT2D eigenvalue weighted by atomic mass is 16.6. The first-order chi connectivity index (χ1) is 12.6. The lowest BCUT2D eigenvalue weighted by Crippen LogP contribution is -2.53. The highest BCUT2D eigenvalue weighted by Gasteiger charge is 2.39. The number of benzene rings is 1. The molecular formula is C19H25BN2O5. The summed E-state index contributed by atoms with van der Waals surface area (Å²) in [5, 5.41) is 22.8. The molecule has 2 aromatic rings. The van der Waals surface area contributed by atoms with Crippen molar-refractivity contribution in [3.63, 3.8) is 0 Å². The van der Waals surface area contributed by atoms with E-state index in [-0.39, 0.29) is 12.4 Å². The molecule has 27 heavy (non-hydrogen) atoms. The van der Waals surface area contributed by atoms with Crippen LogP contribution in [0, 0.1) is 0 Å². The van der Waals surface area contributed by atoms with Crippen LogP contribution in [0.25, 0.3) is 0 Å². The number of nitrogens with zero attached hydrogens (tertiary/aromatic N) is 1. The molecule has 0 radical (unpaired) electrons. The van der Waals surface area contributed by atoms with Crippen LogP contribution in [0.2, 0.25) is 0 Å². The second kappa shape index (κ2) is 8.52. The predicted octanol–water partition coefficient (Wildman–Crippen LogP) is 2.08. The van der Waals surface area contributed by atoms with Crippen LogP contribution in [-0.2, 0) is 16.0 Å². The maximum Gasteiger partial charge on any atom is 0.493 e. The van der Waals surface area contributed by atoms with Gasteiger partial charge in [-0.2, -0.15) is 0 Å². The van der Waals surface area contributed by atoms with Crippen molar-refractivity contribution in [2.75, 3.05) is 5.32 Å². The summed E-state index contributed by atoms with van der Waals surface area (Å²) < 4.78 is 10.7. The number of hydrogen-bond acceptors (Lipinski definition) is 6. The summed E-state index contributed by atoms with van der Waals surface area (Å²) in [6.07, 6.45) is 0.761. The Balaban J connectivity index is 1.89. The number of amides is 1. The van der Waals surface area contributed by atoms with E-state index in [0.717, 1.165) is 5.56 Å². The van der Waals surface area contributed by atoms with Gasteiger partial charge < -0.3 is 19.5 Å². The fourth-order valence-electron chi connectivity index (χ4n) is 1.98. The summed E-state index contributed by atoms with van der Waals surface area (Å²) >= 11 is 0. The Morgan fingerprint density at radius 1 is 1.15 bits per heavy atom. The van der Waals surface area contributed by atoms with Gasteiger partial charge in [-0.05, 0) is 39.3 Å². The molecule has 1 aromatic carbocycles. The number of rotatable bonds is 7. The molecule has 0 aliphatic rings. The van der Waals surface area contributed by atoms with Gasteiger partial charge in [-0.3, -0.25) is 5.32 Å². The van der Waals surface area contributed by atoms with E-state index < -0.39 is 24.4 Å². The highest BCUT2D eigenvalue weighted by Crippen LogP contribution is 2.25. The zero-order chi connectivity index (χ0) is 20.1. The monoisotopic (exact) mass is 372 g/mol. The third-order valence-corrected chi connectivity index (χ3v) is 4.39. The summed E-state index contributed by atoms with van der Waals surface area (Å²) in [4.78, 5) is 15.9. The van der Waals surface area contributed by atoms with Crippen LogP contribution in [0.4, 0.5) is 10.6 Å². The van der Waals surface area contributed by atoms with Crippen LogP contribution in [-0.4, -0.2) is 39.5 Å². The van der Waals surface area contributed by atoms with E-state index in [0.29, 0.717) is 5.46 Å². The third-order valence-electron chi connectivity index (χ3n) is 4.39. The van der Waals surface area contributed by atoms with Crippen molar-refractivity contribution < 1.29 is 24.3 Å². The molecule has 0 bridgehead atoms. The Bertz CT molecular complexity index is 745. The Morgan fingerprint density at radius 3 is 2.37 bits per heavy atom. The lowest BCUT2D eigenvalue weighted by molar-refractivity contribution is -0.0982. The minimum absolute atomic E-state index is 0.156. The highest BCUT2D eigenvalue weighted by molar-refractivity contribution is 6.60. The Kier molecular flexibility index (Phi) is 6.59. The lowest BCUT2D eigenvalue weighted by Gasteiger charge is -2.38. The molecule has 1 heterocycles. The Labute approximate surface area is 159 Å². The van der Waals surface area contributed by atoms with Crippen molar-refractivity contribution in [2.24, 2.45) is 0 Å². The number of carbonyl (C=O) groups is 1. The second-order valence-corrected chi connectivity index (χ2v) is 7.20. The zero-order valence-corrected chi connectivity index (χ0v) is 16.0. The number of nitrogens with one attached hydrogen (secondary N) is 1. The summed E-state index contributed by atoms with van der Waals surface area (Å²) in [5.74, 6) is 0.283. The lowest BCUT2D eigenvalue weighted by atomic mass is 9.77. The van der Waals surface area contributed by atoms with E-state index in [1.807, 2.05) is 30.3 Å². The van der Waals surface area contributed by atoms with Gasteiger partial charge in [0.25, 0.3) is 0 Å². The topological polar surface area (TPSA) is 101 Å². The number of aliphatic hydroxyl groups is 1. The number of hydrogen-bond donors (Lipinski definition) is 3. The van der Waals surface area contributed by atoms with Crippen LogP contribution >= 0.6 is 0 Å². The van der Waals surface area contributed by atoms with Crippen LogP contribution in [0.15, 0.2) is 48.7 Å². The number of pyridine rings is 1. The Hall–Kier alpha value is -2.42. The molecule has 7 nitrogen and oxygen atoms in total. The quantitative estimate of drug-likeness (QED) is 0.644. The SMILES string of the molecule is CC(C)(O)C(C)(C)OB(O)c1ccc(NC(=O)OCc2ccccc2)nc1. The standard InChI is InChI=1S/C19H25BN2O5/c1-18(2,24)19(3,4)27-20(25)15-10-11-16(21-12-15)22-17(23)26-13-14-8-6-5-7-9-14/h5-12,24-25H,13H2,1-4H3,(H,21,22,23). The molecule has 0 unspecified atom stereocenters. The van der Waals surface area contributed by atoms with Crippen molar-refractivity contribution in [3.8, 4) is 0 Å². The fraction of sp³-hybridized carbons (Fsp3) is 0.368. The number of ether oxygens (including phenoxy) is 1. The minimum atomic E-state index is -1.27. The molecule has 8 heteroatoms. The summed E-state index contributed by atoms with van der Waals surface area (Å²) in [6.45, 7) is 6.73. The van der Waals surface area contributed by atoms with Gasteiger partial charge in [0.1, 0.15) is 12.4 Å². The van der Waals surface area contributed by atoms with Crippen LogP contribution in [0.3, 0.4) is 0 Å². The molecule has 3 N–H and O–H groups in total. The Morgan fingerprint density at radius 2 is 1.81 bits per heavy atom. The second-order valence-electron chi connectivity index (χ2n) is 7.20. The van der Waals surface area contributed by atoms with Gasteiger partial charge in [-0.15, -0.1) is 0 Å². The molecular weight excluding hydrogens is 347 g/mol. The minimum Gasteiger partial charge on any atom is -0.444 e. The molecule has 0 saturated heterocycles. The number of anilines is 1. The molecule has 1 aromatic heterocycles. The number of aromatic nitrogens is 1. The molecule has 0 aliphatic heterocycles.